The third-order valence-corrected chi connectivity index (χ3v) is 17.6. The van der Waals surface area contributed by atoms with Crippen LogP contribution in [0.1, 0.15) is 85.9 Å². The molecule has 0 bridgehead atoms. The molecule has 5 nitrogen and oxygen atoms in total. The highest BCUT2D eigenvalue weighted by Gasteiger charge is 2.34. The molecule has 0 amide bonds. The fourth-order valence-electron chi connectivity index (χ4n) is 12.8. The first-order valence-electron chi connectivity index (χ1n) is 33.4. The molecule has 0 saturated carbocycles. The number of nitrogens with zero attached hydrogens (tertiary/aromatic N) is 5. The molecule has 0 aliphatic carbocycles. The van der Waals surface area contributed by atoms with Crippen LogP contribution in [-0.2, 0) is 16.2 Å². The number of pyridine rings is 1. The minimum absolute atomic E-state index is 0.0647. The maximum absolute atomic E-state index is 9.45. The van der Waals surface area contributed by atoms with Gasteiger partial charge in [0.05, 0.1) is 35.3 Å². The summed E-state index contributed by atoms with van der Waals surface area (Å²) in [5.74, 6) is 0.819. The predicted molar refractivity (Wildman–Crippen MR) is 378 cm³/mol. The first kappa shape index (κ1) is 50.9. The van der Waals surface area contributed by atoms with E-state index in [9.17, 15) is 2.74 Å². The van der Waals surface area contributed by atoms with Crippen LogP contribution in [0, 0.1) is 0 Å². The van der Waals surface area contributed by atoms with Crippen molar-refractivity contribution >= 4 is 57.0 Å². The molecule has 12 aromatic rings. The Hall–Kier alpha value is -10.2. The fraction of sp³-hybridized carbons (Fsp3) is 0.155. The van der Waals surface area contributed by atoms with Crippen LogP contribution < -0.4 is 19.6 Å². The Labute approximate surface area is 533 Å². The number of aromatic nitrogens is 1. The molecule has 11 aromatic carbocycles. The van der Waals surface area contributed by atoms with Crippen LogP contribution in [0.2, 0.25) is 0 Å². The molecule has 0 spiro atoms. The van der Waals surface area contributed by atoms with Crippen molar-refractivity contribution in [3.63, 3.8) is 0 Å². The zero-order valence-electron chi connectivity index (χ0n) is 57.1. The van der Waals surface area contributed by atoms with Gasteiger partial charge in [0.15, 0.2) is 0 Å². The van der Waals surface area contributed by atoms with Gasteiger partial charge >= 0.3 is 0 Å². The molecule has 0 saturated heterocycles. The third-order valence-electron chi connectivity index (χ3n) is 17.6. The predicted octanol–water partition coefficient (Wildman–Crippen LogP) is 23.5. The smallest absolute Gasteiger partial charge is 0.137 e. The normalized spacial score (nSPS) is 13.7. The van der Waals surface area contributed by atoms with E-state index in [1.165, 1.54) is 11.1 Å². The summed E-state index contributed by atoms with van der Waals surface area (Å²) in [7, 11) is 0. The van der Waals surface area contributed by atoms with E-state index in [0.29, 0.717) is 12.2 Å². The molecule has 0 unspecified atom stereocenters. The lowest BCUT2D eigenvalue weighted by Gasteiger charge is -2.32. The molecule has 14 rings (SSSR count). The molecule has 2 aliphatic rings. The number of hydrogen-bond acceptors (Lipinski definition) is 5. The monoisotopic (exact) mass is 1160 g/mol. The molecule has 1 aromatic heterocycles. The lowest BCUT2D eigenvalue weighted by molar-refractivity contribution is 0.589. The summed E-state index contributed by atoms with van der Waals surface area (Å²) < 4.78 is 45.4. The second-order valence-corrected chi connectivity index (χ2v) is 26.6. The number of anilines is 10. The number of rotatable bonds is 10. The Balaban J connectivity index is 1.00. The highest BCUT2D eigenvalue weighted by Crippen LogP contribution is 2.55. The minimum Gasteiger partial charge on any atom is -0.321 e. The van der Waals surface area contributed by atoms with E-state index in [1.54, 1.807) is 0 Å². The van der Waals surface area contributed by atoms with Crippen molar-refractivity contribution in [2.75, 3.05) is 26.3 Å². The molecular weight excluding hydrogens is 1080 g/mol. The van der Waals surface area contributed by atoms with Gasteiger partial charge in [-0.1, -0.05) is 256 Å². The molecule has 89 heavy (non-hydrogen) atoms. The molecule has 3 heterocycles. The summed E-state index contributed by atoms with van der Waals surface area (Å²) in [6.07, 6.45) is 1.95. The van der Waals surface area contributed by atoms with Gasteiger partial charge in [-0.25, -0.2) is 4.98 Å². The molecule has 0 N–H and O–H groups in total. The van der Waals surface area contributed by atoms with Crippen molar-refractivity contribution in [1.82, 2.24) is 4.98 Å². The fourth-order valence-corrected chi connectivity index (χ4v) is 12.8. The molecule has 5 heteroatoms. The lowest BCUT2D eigenvalue weighted by atomic mass is 9.85. The molecule has 2 aliphatic heterocycles. The van der Waals surface area contributed by atoms with Crippen molar-refractivity contribution in [2.24, 2.45) is 0 Å². The molecule has 0 radical (unpaired) electrons. The Morgan fingerprint density at radius 1 is 0.348 bits per heavy atom. The second-order valence-electron chi connectivity index (χ2n) is 26.6. The largest absolute Gasteiger partial charge is 0.321 e. The quantitative estimate of drug-likeness (QED) is 0.136. The first-order chi connectivity index (χ1) is 45.1. The Morgan fingerprint density at radius 3 is 1.64 bits per heavy atom. The number of fused-ring (bicyclic) bond motifs is 6. The highest BCUT2D eigenvalue weighted by molar-refractivity contribution is 6.05. The van der Waals surface area contributed by atoms with E-state index in [0.717, 1.165) is 118 Å². The van der Waals surface area contributed by atoms with E-state index in [4.69, 9.17) is 9.10 Å². The lowest BCUT2D eigenvalue weighted by Crippen LogP contribution is -2.25. The van der Waals surface area contributed by atoms with Gasteiger partial charge in [0.1, 0.15) is 12.5 Å². The number of benzene rings is 11. The summed E-state index contributed by atoms with van der Waals surface area (Å²) in [5.41, 5.74) is 22.8. The number of para-hydroxylation sites is 5. The van der Waals surface area contributed by atoms with Gasteiger partial charge < -0.3 is 14.7 Å². The van der Waals surface area contributed by atoms with E-state index in [1.807, 2.05) is 24.4 Å². The van der Waals surface area contributed by atoms with Crippen LogP contribution in [-0.4, -0.2) is 11.7 Å². The summed E-state index contributed by atoms with van der Waals surface area (Å²) in [4.78, 5) is 14.6. The Morgan fingerprint density at radius 2 is 0.921 bits per heavy atom. The van der Waals surface area contributed by atoms with Crippen molar-refractivity contribution in [3.05, 3.63) is 296 Å². The van der Waals surface area contributed by atoms with Crippen LogP contribution in [0.5, 0.6) is 0 Å². The highest BCUT2D eigenvalue weighted by atomic mass is 15.4. The number of hydrogen-bond donors (Lipinski definition) is 0. The van der Waals surface area contributed by atoms with Crippen molar-refractivity contribution in [3.8, 4) is 66.8 Å². The van der Waals surface area contributed by atoms with Gasteiger partial charge in [0.25, 0.3) is 0 Å². The van der Waals surface area contributed by atoms with Crippen LogP contribution in [0.3, 0.4) is 0 Å². The van der Waals surface area contributed by atoms with Gasteiger partial charge in [-0.05, 0) is 156 Å². The molecule has 0 atom stereocenters. The SMILES string of the molecule is [2H]c1c([2H])c([2H])c(-c2cccc(-c3cccc(C(C)(C)C)c3)c2N2CN(c3cc(-c4ccc(C(C)(C)C)cc4)cc(N(c4ccccc4)c4ccc5c(c4)N(c4cc(C(C)(C)C)ccn4)c4ccccc4-c4cc(-c6ccccc6)ccc4-5)c3)c3ccccc32)c([2H])c1[2H]. The summed E-state index contributed by atoms with van der Waals surface area (Å²) >= 11 is 0. The van der Waals surface area contributed by atoms with Crippen molar-refractivity contribution in [2.45, 2.75) is 78.6 Å². The zero-order chi connectivity index (χ0) is 65.5. The average Bonchev–Trinajstić information content (AvgIpc) is 1.54. The van der Waals surface area contributed by atoms with E-state index in [-0.39, 0.29) is 46.0 Å². The summed E-state index contributed by atoms with van der Waals surface area (Å²) in [5, 5.41) is 0. The van der Waals surface area contributed by atoms with Gasteiger partial charge in [-0.2, -0.15) is 0 Å². The van der Waals surface area contributed by atoms with Crippen LogP contribution in [0.15, 0.2) is 279 Å². The molecule has 0 fully saturated rings. The van der Waals surface area contributed by atoms with E-state index in [2.05, 4.69) is 306 Å². The summed E-state index contributed by atoms with van der Waals surface area (Å²) in [6.45, 7) is 20.4. The maximum atomic E-state index is 9.45. The molecule has 436 valence electrons. The summed E-state index contributed by atoms with van der Waals surface area (Å²) in [6, 6.07) is 85.2. The van der Waals surface area contributed by atoms with E-state index < -0.39 is 6.04 Å². The van der Waals surface area contributed by atoms with Gasteiger partial charge in [0, 0.05) is 51.2 Å². The third kappa shape index (κ3) is 10.8. The van der Waals surface area contributed by atoms with Gasteiger partial charge in [-0.3, -0.25) is 4.90 Å². The average molecular weight is 1160 g/mol. The van der Waals surface area contributed by atoms with Gasteiger partial charge in [0.2, 0.25) is 0 Å². The topological polar surface area (TPSA) is 25.9 Å². The standard InChI is InChI=1S/C84H75N5/c1-82(2,3)63-42-39-58(40-43-63)62-50-68(86-56-87(78-38-22-21-37-77(78)86)81-70(59-27-15-11-16-28-59)34-24-35-71(81)61-29-23-30-64(49-61)83(4,5)6)54-69(51-62)88(66-31-17-12-18-32-66)67-44-46-74-72-45-41-60(57-25-13-10-14-26-57)52-75(72)73-33-19-20-36-76(73)89(79(74)55-67)80-53-65(47-48-85-80)84(7,8)9/h10-55H,56H2,1-9H3/i11D,15D,16D,27D,28D. The van der Waals surface area contributed by atoms with Crippen LogP contribution in [0.25, 0.3) is 66.8 Å². The maximum Gasteiger partial charge on any atom is 0.137 e. The second kappa shape index (κ2) is 22.5. The zero-order valence-corrected chi connectivity index (χ0v) is 52.1. The minimum atomic E-state index is -0.431. The van der Waals surface area contributed by atoms with Crippen molar-refractivity contribution in [1.29, 1.82) is 0 Å². The van der Waals surface area contributed by atoms with Crippen LogP contribution in [0.4, 0.5) is 57.0 Å². The Kier molecular flexibility index (Phi) is 12.9. The van der Waals surface area contributed by atoms with Gasteiger partial charge in [-0.15, -0.1) is 0 Å². The van der Waals surface area contributed by atoms with Crippen molar-refractivity contribution < 1.29 is 6.85 Å². The van der Waals surface area contributed by atoms with E-state index >= 15 is 0 Å². The van der Waals surface area contributed by atoms with Crippen LogP contribution >= 0.6 is 0 Å². The Bertz CT molecular complexity index is 4880. The molecular formula is C84H75N5. The first-order valence-corrected chi connectivity index (χ1v) is 30.9.